The van der Waals surface area contributed by atoms with Gasteiger partial charge in [-0.2, -0.15) is 0 Å². The Morgan fingerprint density at radius 2 is 1.38 bits per heavy atom. The van der Waals surface area contributed by atoms with Gasteiger partial charge in [0, 0.05) is 12.0 Å². The van der Waals surface area contributed by atoms with Crippen LogP contribution >= 0.6 is 0 Å². The standard InChI is InChI=1S/C17H24O4/c1-19-14-11-16(21-3)15(20-2)10-13(14)17(18)12-8-6-4-5-7-9-12/h10-12H,4-9H2,1-3H3. The quantitative estimate of drug-likeness (QED) is 0.610. The fourth-order valence-electron chi connectivity index (χ4n) is 2.98. The molecule has 1 aliphatic rings. The predicted octanol–water partition coefficient (Wildman–Crippen LogP) is 3.87. The molecule has 0 atom stereocenters. The molecule has 0 N–H and O–H groups in total. The fraction of sp³-hybridized carbons (Fsp3) is 0.588. The summed E-state index contributed by atoms with van der Waals surface area (Å²) in [5.41, 5.74) is 0.599. The van der Waals surface area contributed by atoms with E-state index in [9.17, 15) is 4.79 Å². The lowest BCUT2D eigenvalue weighted by Gasteiger charge is -2.17. The topological polar surface area (TPSA) is 44.8 Å². The minimum absolute atomic E-state index is 0.0968. The van der Waals surface area contributed by atoms with Crippen molar-refractivity contribution in [1.29, 1.82) is 0 Å². The maximum atomic E-state index is 12.8. The lowest BCUT2D eigenvalue weighted by atomic mass is 9.90. The van der Waals surface area contributed by atoms with E-state index in [1.807, 2.05) is 0 Å². The van der Waals surface area contributed by atoms with Gasteiger partial charge in [0.25, 0.3) is 0 Å². The van der Waals surface area contributed by atoms with E-state index >= 15 is 0 Å². The molecular weight excluding hydrogens is 268 g/mol. The maximum Gasteiger partial charge on any atom is 0.169 e. The van der Waals surface area contributed by atoms with Crippen LogP contribution in [0, 0.1) is 5.92 Å². The van der Waals surface area contributed by atoms with Crippen molar-refractivity contribution < 1.29 is 19.0 Å². The molecule has 1 saturated carbocycles. The third-order valence-electron chi connectivity index (χ3n) is 4.20. The van der Waals surface area contributed by atoms with Crippen molar-refractivity contribution in [2.75, 3.05) is 21.3 Å². The average molecular weight is 292 g/mol. The third kappa shape index (κ3) is 3.49. The van der Waals surface area contributed by atoms with E-state index in [4.69, 9.17) is 14.2 Å². The second-order valence-electron chi connectivity index (χ2n) is 5.46. The molecule has 0 radical (unpaired) electrons. The Kier molecular flexibility index (Phi) is 5.48. The minimum atomic E-state index is 0.0968. The van der Waals surface area contributed by atoms with E-state index < -0.39 is 0 Å². The van der Waals surface area contributed by atoms with E-state index in [1.165, 1.54) is 12.8 Å². The smallest absolute Gasteiger partial charge is 0.169 e. The Bertz CT molecular complexity index is 488. The second kappa shape index (κ2) is 7.34. The van der Waals surface area contributed by atoms with Crippen LogP contribution in [0.25, 0.3) is 0 Å². The second-order valence-corrected chi connectivity index (χ2v) is 5.46. The molecule has 0 aromatic heterocycles. The normalized spacial score (nSPS) is 16.1. The van der Waals surface area contributed by atoms with Gasteiger partial charge in [-0.05, 0) is 18.9 Å². The van der Waals surface area contributed by atoms with E-state index in [0.717, 1.165) is 25.7 Å². The summed E-state index contributed by atoms with van der Waals surface area (Å²) in [6.07, 6.45) is 6.66. The van der Waals surface area contributed by atoms with Crippen molar-refractivity contribution in [2.24, 2.45) is 5.92 Å². The average Bonchev–Trinajstić information content (AvgIpc) is 2.82. The Morgan fingerprint density at radius 1 is 0.857 bits per heavy atom. The number of rotatable bonds is 5. The molecule has 0 unspecified atom stereocenters. The Morgan fingerprint density at radius 3 is 1.90 bits per heavy atom. The summed E-state index contributed by atoms with van der Waals surface area (Å²) in [5, 5.41) is 0. The van der Waals surface area contributed by atoms with Gasteiger partial charge in [-0.3, -0.25) is 4.79 Å². The number of carbonyl (C=O) groups excluding carboxylic acids is 1. The molecule has 0 amide bonds. The molecule has 4 nitrogen and oxygen atoms in total. The summed E-state index contributed by atoms with van der Waals surface area (Å²) in [5.74, 6) is 1.96. The highest BCUT2D eigenvalue weighted by Crippen LogP contribution is 2.37. The minimum Gasteiger partial charge on any atom is -0.496 e. The summed E-state index contributed by atoms with van der Waals surface area (Å²) >= 11 is 0. The zero-order valence-corrected chi connectivity index (χ0v) is 13.1. The largest absolute Gasteiger partial charge is 0.496 e. The highest BCUT2D eigenvalue weighted by molar-refractivity contribution is 6.01. The van der Waals surface area contributed by atoms with Gasteiger partial charge < -0.3 is 14.2 Å². The molecule has 0 saturated heterocycles. The SMILES string of the molecule is COc1cc(OC)c(C(=O)C2CCCCCC2)cc1OC. The number of carbonyl (C=O) groups is 1. The van der Waals surface area contributed by atoms with Crippen LogP contribution in [0.1, 0.15) is 48.9 Å². The summed E-state index contributed by atoms with van der Waals surface area (Å²) in [4.78, 5) is 12.8. The van der Waals surface area contributed by atoms with Crippen molar-refractivity contribution in [2.45, 2.75) is 38.5 Å². The highest BCUT2D eigenvalue weighted by atomic mass is 16.5. The van der Waals surface area contributed by atoms with Crippen LogP contribution in [-0.4, -0.2) is 27.1 Å². The van der Waals surface area contributed by atoms with Gasteiger partial charge in [0.15, 0.2) is 17.3 Å². The number of Topliss-reactive ketones (excluding diaryl/α,β-unsaturated/α-hetero) is 1. The number of hydrogen-bond acceptors (Lipinski definition) is 4. The summed E-state index contributed by atoms with van der Waals surface area (Å²) in [6, 6.07) is 3.47. The summed E-state index contributed by atoms with van der Waals surface area (Å²) in [7, 11) is 4.72. The molecule has 0 bridgehead atoms. The first-order valence-electron chi connectivity index (χ1n) is 7.55. The predicted molar refractivity (Wildman–Crippen MR) is 81.6 cm³/mol. The summed E-state index contributed by atoms with van der Waals surface area (Å²) < 4.78 is 15.9. The van der Waals surface area contributed by atoms with Gasteiger partial charge in [-0.1, -0.05) is 25.7 Å². The van der Waals surface area contributed by atoms with Crippen LogP contribution in [0.15, 0.2) is 12.1 Å². The summed E-state index contributed by atoms with van der Waals surface area (Å²) in [6.45, 7) is 0. The fourth-order valence-corrected chi connectivity index (χ4v) is 2.98. The first-order valence-corrected chi connectivity index (χ1v) is 7.55. The van der Waals surface area contributed by atoms with E-state index in [2.05, 4.69) is 0 Å². The third-order valence-corrected chi connectivity index (χ3v) is 4.20. The molecule has 1 aliphatic carbocycles. The van der Waals surface area contributed by atoms with Crippen LogP contribution < -0.4 is 14.2 Å². The molecule has 116 valence electrons. The van der Waals surface area contributed by atoms with Gasteiger partial charge >= 0.3 is 0 Å². The lowest BCUT2D eigenvalue weighted by Crippen LogP contribution is -2.15. The van der Waals surface area contributed by atoms with Crippen LogP contribution in [0.4, 0.5) is 0 Å². The molecule has 0 aliphatic heterocycles. The Labute approximate surface area is 126 Å². The highest BCUT2D eigenvalue weighted by Gasteiger charge is 2.25. The van der Waals surface area contributed by atoms with Gasteiger partial charge in [-0.15, -0.1) is 0 Å². The van der Waals surface area contributed by atoms with Crippen LogP contribution in [0.2, 0.25) is 0 Å². The number of ether oxygens (including phenoxy) is 3. The van der Waals surface area contributed by atoms with Crippen molar-refractivity contribution in [3.8, 4) is 17.2 Å². The monoisotopic (exact) mass is 292 g/mol. The zero-order valence-electron chi connectivity index (χ0n) is 13.1. The number of methoxy groups -OCH3 is 3. The molecule has 4 heteroatoms. The first-order chi connectivity index (χ1) is 10.2. The molecule has 21 heavy (non-hydrogen) atoms. The maximum absolute atomic E-state index is 12.8. The first kappa shape index (κ1) is 15.7. The molecule has 0 heterocycles. The van der Waals surface area contributed by atoms with Crippen molar-refractivity contribution in [1.82, 2.24) is 0 Å². The number of ketones is 1. The van der Waals surface area contributed by atoms with E-state index in [-0.39, 0.29) is 11.7 Å². The molecule has 2 rings (SSSR count). The van der Waals surface area contributed by atoms with Crippen LogP contribution in [0.5, 0.6) is 17.2 Å². The van der Waals surface area contributed by atoms with Crippen molar-refractivity contribution >= 4 is 5.78 Å². The van der Waals surface area contributed by atoms with Gasteiger partial charge in [0.1, 0.15) is 5.75 Å². The molecule has 1 aromatic rings. The number of benzene rings is 1. The number of hydrogen-bond donors (Lipinski definition) is 0. The molecular formula is C17H24O4. The van der Waals surface area contributed by atoms with Crippen molar-refractivity contribution in [3.63, 3.8) is 0 Å². The van der Waals surface area contributed by atoms with Crippen molar-refractivity contribution in [3.05, 3.63) is 17.7 Å². The van der Waals surface area contributed by atoms with E-state index in [0.29, 0.717) is 22.8 Å². The van der Waals surface area contributed by atoms with Gasteiger partial charge in [0.2, 0.25) is 0 Å². The van der Waals surface area contributed by atoms with Gasteiger partial charge in [-0.25, -0.2) is 0 Å². The Balaban J connectivity index is 2.34. The van der Waals surface area contributed by atoms with Crippen LogP contribution in [0.3, 0.4) is 0 Å². The molecule has 1 aromatic carbocycles. The van der Waals surface area contributed by atoms with Gasteiger partial charge in [0.05, 0.1) is 26.9 Å². The lowest BCUT2D eigenvalue weighted by molar-refractivity contribution is 0.0904. The zero-order chi connectivity index (χ0) is 15.2. The Hall–Kier alpha value is -1.71. The van der Waals surface area contributed by atoms with E-state index in [1.54, 1.807) is 33.5 Å². The molecule has 0 spiro atoms. The molecule has 1 fully saturated rings. The van der Waals surface area contributed by atoms with Crippen LogP contribution in [-0.2, 0) is 0 Å².